The Labute approximate surface area is 118 Å². The second-order valence-electron chi connectivity index (χ2n) is 4.32. The molecule has 0 amide bonds. The number of nitrogens with two attached hydrogens (primary N) is 1. The Kier molecular flexibility index (Phi) is 6.50. The van der Waals surface area contributed by atoms with E-state index in [4.69, 9.17) is 22.1 Å². The third kappa shape index (κ3) is 4.99. The van der Waals surface area contributed by atoms with Gasteiger partial charge in [0.05, 0.1) is 24.9 Å². The maximum absolute atomic E-state index is 11.0. The zero-order valence-electron chi connectivity index (χ0n) is 11.4. The van der Waals surface area contributed by atoms with E-state index in [9.17, 15) is 4.79 Å². The number of halogens is 1. The van der Waals surface area contributed by atoms with Crippen molar-refractivity contribution in [2.75, 3.05) is 20.0 Å². The molecule has 0 aliphatic carbocycles. The van der Waals surface area contributed by atoms with Crippen molar-refractivity contribution in [2.24, 2.45) is 0 Å². The minimum Gasteiger partial charge on any atom is -0.497 e. The van der Waals surface area contributed by atoms with Crippen LogP contribution < -0.4 is 10.5 Å². The molecule has 0 unspecified atom stereocenters. The fourth-order valence-corrected chi connectivity index (χ4v) is 2.06. The highest BCUT2D eigenvalue weighted by molar-refractivity contribution is 6.33. The summed E-state index contributed by atoms with van der Waals surface area (Å²) in [5, 5.41) is 0.518. The number of rotatable bonds is 7. The smallest absolute Gasteiger partial charge is 0.305 e. The van der Waals surface area contributed by atoms with Crippen molar-refractivity contribution in [1.82, 2.24) is 0 Å². The number of carbonyl (C=O) groups is 1. The van der Waals surface area contributed by atoms with Crippen LogP contribution in [-0.2, 0) is 16.0 Å². The average molecular weight is 286 g/mol. The molecule has 2 N–H and O–H groups in total. The van der Waals surface area contributed by atoms with E-state index in [0.29, 0.717) is 22.9 Å². The van der Waals surface area contributed by atoms with Gasteiger partial charge in [0.25, 0.3) is 0 Å². The Hall–Kier alpha value is -1.42. The van der Waals surface area contributed by atoms with Gasteiger partial charge in [0.1, 0.15) is 5.75 Å². The van der Waals surface area contributed by atoms with Gasteiger partial charge in [-0.3, -0.25) is 4.79 Å². The summed E-state index contributed by atoms with van der Waals surface area (Å²) in [6, 6.07) is 3.61. The molecule has 4 nitrogen and oxygen atoms in total. The highest BCUT2D eigenvalue weighted by atomic mass is 35.5. The summed E-state index contributed by atoms with van der Waals surface area (Å²) in [6.45, 7) is 0. The predicted molar refractivity (Wildman–Crippen MR) is 76.6 cm³/mol. The van der Waals surface area contributed by atoms with E-state index in [1.165, 1.54) is 7.11 Å². The van der Waals surface area contributed by atoms with Crippen LogP contribution in [0.1, 0.15) is 31.2 Å². The summed E-state index contributed by atoms with van der Waals surface area (Å²) in [5.74, 6) is 0.549. The van der Waals surface area contributed by atoms with Gasteiger partial charge in [0.15, 0.2) is 0 Å². The predicted octanol–water partition coefficient (Wildman–Crippen LogP) is 3.21. The molecule has 0 radical (unpaired) electrons. The molecule has 106 valence electrons. The van der Waals surface area contributed by atoms with E-state index >= 15 is 0 Å². The van der Waals surface area contributed by atoms with E-state index in [2.05, 4.69) is 4.74 Å². The maximum atomic E-state index is 11.0. The van der Waals surface area contributed by atoms with Crippen LogP contribution in [0.4, 0.5) is 5.69 Å². The van der Waals surface area contributed by atoms with E-state index in [-0.39, 0.29) is 5.97 Å². The largest absolute Gasteiger partial charge is 0.497 e. The molecule has 0 saturated heterocycles. The fourth-order valence-electron chi connectivity index (χ4n) is 1.84. The molecule has 1 aromatic rings. The second kappa shape index (κ2) is 7.89. The van der Waals surface area contributed by atoms with Crippen molar-refractivity contribution in [2.45, 2.75) is 32.1 Å². The first-order valence-corrected chi connectivity index (χ1v) is 6.65. The first-order valence-electron chi connectivity index (χ1n) is 6.27. The van der Waals surface area contributed by atoms with Gasteiger partial charge < -0.3 is 15.2 Å². The van der Waals surface area contributed by atoms with E-state index < -0.39 is 0 Å². The van der Waals surface area contributed by atoms with Gasteiger partial charge in [-0.25, -0.2) is 0 Å². The standard InChI is InChI=1S/C14H20ClNO3/c1-18-11-8-10(14(16)12(15)9-11)6-4-3-5-7-13(17)19-2/h8-9H,3-7,16H2,1-2H3. The van der Waals surface area contributed by atoms with Gasteiger partial charge in [-0.2, -0.15) is 0 Å². The second-order valence-corrected chi connectivity index (χ2v) is 4.73. The van der Waals surface area contributed by atoms with Gasteiger partial charge in [0, 0.05) is 12.5 Å². The van der Waals surface area contributed by atoms with Gasteiger partial charge in [-0.1, -0.05) is 18.0 Å². The molecular weight excluding hydrogens is 266 g/mol. The molecule has 0 atom stereocenters. The number of aryl methyl sites for hydroxylation is 1. The van der Waals surface area contributed by atoms with E-state index in [1.807, 2.05) is 6.07 Å². The number of benzene rings is 1. The third-order valence-electron chi connectivity index (χ3n) is 2.98. The van der Waals surface area contributed by atoms with Crippen LogP contribution in [0.2, 0.25) is 5.02 Å². The number of esters is 1. The number of methoxy groups -OCH3 is 2. The van der Waals surface area contributed by atoms with Gasteiger partial charge in [-0.05, 0) is 30.9 Å². The molecule has 0 saturated carbocycles. The Bertz CT molecular complexity index is 435. The number of hydrogen-bond acceptors (Lipinski definition) is 4. The van der Waals surface area contributed by atoms with Crippen molar-refractivity contribution in [3.05, 3.63) is 22.7 Å². The molecule has 19 heavy (non-hydrogen) atoms. The molecule has 1 rings (SSSR count). The summed E-state index contributed by atoms with van der Waals surface area (Å²) in [6.07, 6.45) is 4.01. The molecule has 0 aromatic heterocycles. The summed E-state index contributed by atoms with van der Waals surface area (Å²) < 4.78 is 9.75. The monoisotopic (exact) mass is 285 g/mol. The molecule has 0 fully saturated rings. The SMILES string of the molecule is COC(=O)CCCCCc1cc(OC)cc(Cl)c1N. The number of anilines is 1. The topological polar surface area (TPSA) is 61.5 Å². The molecule has 0 heterocycles. The Morgan fingerprint density at radius 3 is 2.63 bits per heavy atom. The summed E-state index contributed by atoms with van der Waals surface area (Å²) in [4.78, 5) is 11.0. The van der Waals surface area contributed by atoms with Crippen LogP contribution in [0.15, 0.2) is 12.1 Å². The van der Waals surface area contributed by atoms with Crippen molar-refractivity contribution in [3.8, 4) is 5.75 Å². The molecule has 0 aliphatic heterocycles. The summed E-state index contributed by atoms with van der Waals surface area (Å²) >= 11 is 6.03. The van der Waals surface area contributed by atoms with Gasteiger partial charge in [-0.15, -0.1) is 0 Å². The van der Waals surface area contributed by atoms with E-state index in [1.54, 1.807) is 13.2 Å². The Morgan fingerprint density at radius 1 is 1.26 bits per heavy atom. The lowest BCUT2D eigenvalue weighted by Crippen LogP contribution is -2.00. The normalized spacial score (nSPS) is 10.3. The van der Waals surface area contributed by atoms with Crippen LogP contribution in [0, 0.1) is 0 Å². The number of nitrogen functional groups attached to an aromatic ring is 1. The van der Waals surface area contributed by atoms with Crippen LogP contribution in [0.25, 0.3) is 0 Å². The number of unbranched alkanes of at least 4 members (excludes halogenated alkanes) is 2. The van der Waals surface area contributed by atoms with Crippen LogP contribution >= 0.6 is 11.6 Å². The van der Waals surface area contributed by atoms with Crippen molar-refractivity contribution in [1.29, 1.82) is 0 Å². The minimum atomic E-state index is -0.163. The average Bonchev–Trinajstić information content (AvgIpc) is 2.42. The Balaban J connectivity index is 2.45. The third-order valence-corrected chi connectivity index (χ3v) is 3.29. The fraction of sp³-hybridized carbons (Fsp3) is 0.500. The van der Waals surface area contributed by atoms with Crippen LogP contribution in [0.3, 0.4) is 0 Å². The Morgan fingerprint density at radius 2 is 2.00 bits per heavy atom. The van der Waals surface area contributed by atoms with Crippen molar-refractivity contribution in [3.63, 3.8) is 0 Å². The molecule has 5 heteroatoms. The summed E-state index contributed by atoms with van der Waals surface area (Å²) in [7, 11) is 3.00. The lowest BCUT2D eigenvalue weighted by Gasteiger charge is -2.10. The molecular formula is C14H20ClNO3. The first-order chi connectivity index (χ1) is 9.08. The molecule has 0 bridgehead atoms. The number of carbonyl (C=O) groups excluding carboxylic acids is 1. The van der Waals surface area contributed by atoms with Gasteiger partial charge >= 0.3 is 5.97 Å². The minimum absolute atomic E-state index is 0.163. The van der Waals surface area contributed by atoms with Crippen molar-refractivity contribution < 1.29 is 14.3 Å². The highest BCUT2D eigenvalue weighted by Gasteiger charge is 2.07. The van der Waals surface area contributed by atoms with Gasteiger partial charge in [0.2, 0.25) is 0 Å². The molecule has 1 aromatic carbocycles. The summed E-state index contributed by atoms with van der Waals surface area (Å²) in [5.41, 5.74) is 7.52. The molecule has 0 aliphatic rings. The van der Waals surface area contributed by atoms with Crippen LogP contribution in [-0.4, -0.2) is 20.2 Å². The highest BCUT2D eigenvalue weighted by Crippen LogP contribution is 2.29. The molecule has 0 spiro atoms. The number of ether oxygens (including phenoxy) is 2. The lowest BCUT2D eigenvalue weighted by atomic mass is 10.0. The maximum Gasteiger partial charge on any atom is 0.305 e. The quantitative estimate of drug-likeness (QED) is 0.475. The zero-order valence-corrected chi connectivity index (χ0v) is 12.1. The zero-order chi connectivity index (χ0) is 14.3. The van der Waals surface area contributed by atoms with Crippen molar-refractivity contribution >= 4 is 23.3 Å². The van der Waals surface area contributed by atoms with E-state index in [0.717, 1.165) is 31.2 Å². The lowest BCUT2D eigenvalue weighted by molar-refractivity contribution is -0.140. The first kappa shape index (κ1) is 15.6. The number of hydrogen-bond donors (Lipinski definition) is 1. The van der Waals surface area contributed by atoms with Crippen LogP contribution in [0.5, 0.6) is 5.75 Å².